The van der Waals surface area contributed by atoms with Crippen LogP contribution in [-0.2, 0) is 19.6 Å². The molecule has 2 amide bonds. The zero-order valence-corrected chi connectivity index (χ0v) is 17.6. The van der Waals surface area contributed by atoms with E-state index >= 15 is 0 Å². The van der Waals surface area contributed by atoms with Crippen molar-refractivity contribution >= 4 is 39.9 Å². The van der Waals surface area contributed by atoms with Gasteiger partial charge in [-0.1, -0.05) is 0 Å². The molecule has 28 heavy (non-hydrogen) atoms. The van der Waals surface area contributed by atoms with Crippen LogP contribution in [0.5, 0.6) is 0 Å². The summed E-state index contributed by atoms with van der Waals surface area (Å²) in [4.78, 5) is 25.5. The summed E-state index contributed by atoms with van der Waals surface area (Å²) >= 11 is 0. The van der Waals surface area contributed by atoms with Crippen molar-refractivity contribution in [3.8, 4) is 0 Å². The number of fused-ring (bicyclic) bond motifs is 1. The second-order valence-corrected chi connectivity index (χ2v) is 9.17. The third-order valence-corrected chi connectivity index (χ3v) is 6.97. The maximum Gasteiger partial charge on any atom is 0.241 e. The number of hydrogen-bond donors (Lipinski definition) is 3. The molecule has 2 fully saturated rings. The second-order valence-electron chi connectivity index (χ2n) is 7.46. The average Bonchev–Trinajstić information content (AvgIpc) is 3.16. The van der Waals surface area contributed by atoms with E-state index in [2.05, 4.69) is 10.0 Å². The van der Waals surface area contributed by atoms with Gasteiger partial charge in [0.15, 0.2) is 0 Å². The van der Waals surface area contributed by atoms with E-state index in [4.69, 9.17) is 5.73 Å². The normalized spacial score (nSPS) is 25.0. The van der Waals surface area contributed by atoms with E-state index in [1.54, 1.807) is 11.8 Å². The summed E-state index contributed by atoms with van der Waals surface area (Å²) in [5, 5.41) is 2.58. The summed E-state index contributed by atoms with van der Waals surface area (Å²) in [6, 6.07) is 5.06. The van der Waals surface area contributed by atoms with Gasteiger partial charge >= 0.3 is 0 Å². The van der Waals surface area contributed by atoms with Crippen LogP contribution in [0.2, 0.25) is 0 Å². The number of hydrogen-bond acceptors (Lipinski definition) is 5. The Morgan fingerprint density at radius 2 is 1.82 bits per heavy atom. The van der Waals surface area contributed by atoms with Crippen LogP contribution in [0.1, 0.15) is 26.7 Å². The molecule has 0 aromatic heterocycles. The van der Waals surface area contributed by atoms with Crippen LogP contribution in [-0.4, -0.2) is 50.3 Å². The first-order chi connectivity index (χ1) is 12.7. The molecule has 2 aliphatic rings. The molecule has 1 saturated heterocycles. The minimum Gasteiger partial charge on any atom is -0.341 e. The summed E-state index contributed by atoms with van der Waals surface area (Å²) < 4.78 is 27.6. The van der Waals surface area contributed by atoms with Gasteiger partial charge in [-0.15, -0.1) is 12.4 Å². The number of halogens is 1. The number of rotatable bonds is 5. The monoisotopic (exact) mass is 430 g/mol. The Labute approximate surface area is 171 Å². The molecule has 1 aromatic carbocycles. The van der Waals surface area contributed by atoms with Crippen LogP contribution in [0.15, 0.2) is 29.2 Å². The first-order valence-corrected chi connectivity index (χ1v) is 10.6. The zero-order valence-electron chi connectivity index (χ0n) is 15.9. The third-order valence-electron chi connectivity index (χ3n) is 5.41. The fourth-order valence-corrected chi connectivity index (χ4v) is 5.23. The van der Waals surface area contributed by atoms with E-state index in [0.717, 1.165) is 12.8 Å². The topological polar surface area (TPSA) is 122 Å². The van der Waals surface area contributed by atoms with Gasteiger partial charge in [0.25, 0.3) is 0 Å². The smallest absolute Gasteiger partial charge is 0.241 e. The van der Waals surface area contributed by atoms with Gasteiger partial charge < -0.3 is 16.0 Å². The first kappa shape index (κ1) is 22.6. The fraction of sp³-hybridized carbons (Fsp3) is 0.556. The molecule has 4 unspecified atom stereocenters. The molecule has 8 nitrogen and oxygen atoms in total. The maximum atomic E-state index is 12.7. The van der Waals surface area contributed by atoms with Crippen LogP contribution < -0.4 is 15.8 Å². The van der Waals surface area contributed by atoms with Crippen LogP contribution in [0.4, 0.5) is 5.69 Å². The van der Waals surface area contributed by atoms with E-state index in [0.29, 0.717) is 30.6 Å². The standard InChI is InChI=1S/C18H26N4O4S.ClH/c1-11(18(24)22-9-13-3-8-17(19)16(13)10-22)21-27(25,26)15-6-4-14(5-7-15)20-12(2)23;/h4-7,11,13,16-17,21H,3,8-10,19H2,1-2H3,(H,20,23);1H. The number of benzene rings is 1. The highest BCUT2D eigenvalue weighted by Crippen LogP contribution is 2.37. The van der Waals surface area contributed by atoms with Crippen molar-refractivity contribution in [2.45, 2.75) is 43.7 Å². The number of nitrogens with one attached hydrogen (secondary N) is 2. The largest absolute Gasteiger partial charge is 0.341 e. The van der Waals surface area contributed by atoms with Gasteiger partial charge in [-0.2, -0.15) is 4.72 Å². The molecule has 156 valence electrons. The highest BCUT2D eigenvalue weighted by atomic mass is 35.5. The maximum absolute atomic E-state index is 12.7. The Bertz CT molecular complexity index is 830. The van der Waals surface area contributed by atoms with Crippen molar-refractivity contribution in [3.63, 3.8) is 0 Å². The van der Waals surface area contributed by atoms with Gasteiger partial charge in [0.2, 0.25) is 21.8 Å². The van der Waals surface area contributed by atoms with E-state index in [1.165, 1.54) is 31.2 Å². The predicted molar refractivity (Wildman–Crippen MR) is 109 cm³/mol. The van der Waals surface area contributed by atoms with Crippen LogP contribution in [0.3, 0.4) is 0 Å². The number of nitrogens with two attached hydrogens (primary N) is 1. The molecule has 1 aromatic rings. The van der Waals surface area contributed by atoms with E-state index in [-0.39, 0.29) is 35.2 Å². The molecular formula is C18H27ClN4O4S. The minimum atomic E-state index is -3.84. The van der Waals surface area contributed by atoms with Crippen molar-refractivity contribution in [1.29, 1.82) is 0 Å². The van der Waals surface area contributed by atoms with Crippen LogP contribution >= 0.6 is 12.4 Å². The Hall–Kier alpha value is -1.68. The highest BCUT2D eigenvalue weighted by Gasteiger charge is 2.43. The lowest BCUT2D eigenvalue weighted by Gasteiger charge is -2.23. The predicted octanol–water partition coefficient (Wildman–Crippen LogP) is 0.929. The van der Waals surface area contributed by atoms with E-state index in [9.17, 15) is 18.0 Å². The number of likely N-dealkylation sites (tertiary alicyclic amines) is 1. The molecule has 1 aliphatic heterocycles. The van der Waals surface area contributed by atoms with Crippen molar-refractivity contribution in [2.24, 2.45) is 17.6 Å². The van der Waals surface area contributed by atoms with Gasteiger partial charge in [0.05, 0.1) is 10.9 Å². The highest BCUT2D eigenvalue weighted by molar-refractivity contribution is 7.89. The first-order valence-electron chi connectivity index (χ1n) is 9.11. The molecular weight excluding hydrogens is 404 g/mol. The van der Waals surface area contributed by atoms with Gasteiger partial charge in [-0.05, 0) is 55.9 Å². The number of carbonyl (C=O) groups excluding carboxylic acids is 2. The van der Waals surface area contributed by atoms with Gasteiger partial charge in [0, 0.05) is 31.7 Å². The van der Waals surface area contributed by atoms with Crippen LogP contribution in [0.25, 0.3) is 0 Å². The molecule has 1 heterocycles. The van der Waals surface area contributed by atoms with Crippen molar-refractivity contribution < 1.29 is 18.0 Å². The minimum absolute atomic E-state index is 0. The lowest BCUT2D eigenvalue weighted by atomic mass is 9.98. The molecule has 0 bridgehead atoms. The third kappa shape index (κ3) is 4.83. The number of anilines is 1. The molecule has 4 N–H and O–H groups in total. The summed E-state index contributed by atoms with van der Waals surface area (Å²) in [6.45, 7) is 4.18. The number of sulfonamides is 1. The zero-order chi connectivity index (χ0) is 19.8. The Morgan fingerprint density at radius 3 is 2.39 bits per heavy atom. The van der Waals surface area contributed by atoms with Gasteiger partial charge in [0.1, 0.15) is 0 Å². The molecule has 10 heteroatoms. The number of amides is 2. The number of carbonyl (C=O) groups is 2. The van der Waals surface area contributed by atoms with E-state index in [1.807, 2.05) is 0 Å². The Kier molecular flexibility index (Phi) is 7.08. The van der Waals surface area contributed by atoms with Gasteiger partial charge in [-0.3, -0.25) is 9.59 Å². The summed E-state index contributed by atoms with van der Waals surface area (Å²) in [5.74, 6) is 0.279. The molecule has 3 rings (SSSR count). The van der Waals surface area contributed by atoms with Gasteiger partial charge in [-0.25, -0.2) is 8.42 Å². The quantitative estimate of drug-likeness (QED) is 0.641. The molecule has 4 atom stereocenters. The van der Waals surface area contributed by atoms with Crippen molar-refractivity contribution in [2.75, 3.05) is 18.4 Å². The lowest BCUT2D eigenvalue weighted by molar-refractivity contribution is -0.131. The lowest BCUT2D eigenvalue weighted by Crippen LogP contribution is -2.46. The van der Waals surface area contributed by atoms with Crippen molar-refractivity contribution in [3.05, 3.63) is 24.3 Å². The summed E-state index contributed by atoms with van der Waals surface area (Å²) in [7, 11) is -3.84. The molecule has 0 radical (unpaired) electrons. The molecule has 1 saturated carbocycles. The Morgan fingerprint density at radius 1 is 1.18 bits per heavy atom. The summed E-state index contributed by atoms with van der Waals surface area (Å²) in [5.41, 5.74) is 6.61. The second kappa shape index (κ2) is 8.77. The fourth-order valence-electron chi connectivity index (χ4n) is 4.03. The average molecular weight is 431 g/mol. The molecule has 0 spiro atoms. The molecule has 1 aliphatic carbocycles. The number of nitrogens with zero attached hydrogens (tertiary/aromatic N) is 1. The van der Waals surface area contributed by atoms with Crippen molar-refractivity contribution in [1.82, 2.24) is 9.62 Å². The SMILES string of the molecule is CC(=O)Nc1ccc(S(=O)(=O)NC(C)C(=O)N2CC3CCC(N)C3C2)cc1.Cl. The van der Waals surface area contributed by atoms with Crippen LogP contribution in [0, 0.1) is 11.8 Å². The Balaban J connectivity index is 0.00000280. The summed E-state index contributed by atoms with van der Waals surface area (Å²) in [6.07, 6.45) is 2.02. The van der Waals surface area contributed by atoms with E-state index < -0.39 is 16.1 Å².